The third-order valence-corrected chi connectivity index (χ3v) is 4.03. The van der Waals surface area contributed by atoms with Crippen LogP contribution < -0.4 is 4.90 Å². The number of halogens is 1. The molecule has 0 saturated carbocycles. The van der Waals surface area contributed by atoms with Gasteiger partial charge in [-0.1, -0.05) is 15.9 Å². The van der Waals surface area contributed by atoms with Crippen molar-refractivity contribution in [2.24, 2.45) is 0 Å². The van der Waals surface area contributed by atoms with Gasteiger partial charge in [0.2, 0.25) is 0 Å². The van der Waals surface area contributed by atoms with Gasteiger partial charge >= 0.3 is 5.97 Å². The highest BCUT2D eigenvalue weighted by Gasteiger charge is 2.27. The average Bonchev–Trinajstić information content (AvgIpc) is 2.16. The van der Waals surface area contributed by atoms with Crippen LogP contribution in [0.25, 0.3) is 0 Å². The number of nitrogens with zero attached hydrogens (tertiary/aromatic N) is 1. The fourth-order valence-electron chi connectivity index (χ4n) is 1.56. The van der Waals surface area contributed by atoms with Crippen molar-refractivity contribution in [1.82, 2.24) is 0 Å². The lowest BCUT2D eigenvalue weighted by Gasteiger charge is -2.30. The zero-order chi connectivity index (χ0) is 11.0. The van der Waals surface area contributed by atoms with E-state index in [1.807, 2.05) is 30.1 Å². The molecule has 80 valence electrons. The van der Waals surface area contributed by atoms with Crippen LogP contribution in [-0.2, 0) is 4.79 Å². The summed E-state index contributed by atoms with van der Waals surface area (Å²) in [6.45, 7) is 0.550. The van der Waals surface area contributed by atoms with Crippen LogP contribution in [0.1, 0.15) is 0 Å². The van der Waals surface area contributed by atoms with Crippen LogP contribution in [0.5, 0.6) is 0 Å². The molecule has 15 heavy (non-hydrogen) atoms. The molecule has 1 aromatic carbocycles. The van der Waals surface area contributed by atoms with E-state index in [0.29, 0.717) is 6.54 Å². The van der Waals surface area contributed by atoms with Crippen molar-refractivity contribution in [3.05, 3.63) is 22.7 Å². The largest absolute Gasteiger partial charge is 0.480 e. The maximum absolute atomic E-state index is 10.9. The van der Waals surface area contributed by atoms with Gasteiger partial charge in [-0.3, -0.25) is 4.79 Å². The average molecular weight is 288 g/mol. The summed E-state index contributed by atoms with van der Waals surface area (Å²) in [5.41, 5.74) is 1.10. The molecule has 0 spiro atoms. The minimum Gasteiger partial charge on any atom is -0.480 e. The highest BCUT2D eigenvalue weighted by atomic mass is 79.9. The SMILES string of the molecule is CN1CC(C(=O)O)Sc2cc(Br)ccc21. The first-order chi connectivity index (χ1) is 7.08. The highest BCUT2D eigenvalue weighted by molar-refractivity contribution is 9.10. The summed E-state index contributed by atoms with van der Waals surface area (Å²) in [4.78, 5) is 13.9. The number of carboxylic acids is 1. The number of rotatable bonds is 1. The maximum Gasteiger partial charge on any atom is 0.318 e. The van der Waals surface area contributed by atoms with E-state index in [2.05, 4.69) is 15.9 Å². The first kappa shape index (κ1) is 10.8. The molecule has 0 bridgehead atoms. The van der Waals surface area contributed by atoms with Gasteiger partial charge in [-0.05, 0) is 18.2 Å². The summed E-state index contributed by atoms with van der Waals surface area (Å²) < 4.78 is 0.980. The molecular weight excluding hydrogens is 278 g/mol. The third kappa shape index (κ3) is 2.13. The number of thioether (sulfide) groups is 1. The Kier molecular flexibility index (Phi) is 2.93. The Morgan fingerprint density at radius 1 is 1.67 bits per heavy atom. The molecule has 1 atom stereocenters. The summed E-state index contributed by atoms with van der Waals surface area (Å²) >= 11 is 4.80. The molecule has 0 amide bonds. The lowest BCUT2D eigenvalue weighted by atomic mass is 10.2. The predicted molar refractivity (Wildman–Crippen MR) is 64.7 cm³/mol. The summed E-state index contributed by atoms with van der Waals surface area (Å²) in [5.74, 6) is -0.752. The number of carboxylic acid groups (broad SMARTS) is 1. The minimum atomic E-state index is -0.752. The standard InChI is InChI=1S/C10H10BrNO2S/c1-12-5-9(10(13)14)15-8-4-6(11)2-3-7(8)12/h2-4,9H,5H2,1H3,(H,13,14). The lowest BCUT2D eigenvalue weighted by molar-refractivity contribution is -0.136. The number of carbonyl (C=O) groups is 1. The molecule has 1 aliphatic heterocycles. The number of hydrogen-bond donors (Lipinski definition) is 1. The van der Waals surface area contributed by atoms with E-state index in [1.165, 1.54) is 11.8 Å². The smallest absolute Gasteiger partial charge is 0.318 e. The highest BCUT2D eigenvalue weighted by Crippen LogP contribution is 2.39. The summed E-state index contributed by atoms with van der Waals surface area (Å²) in [7, 11) is 1.92. The molecule has 2 rings (SSSR count). The van der Waals surface area contributed by atoms with Crippen molar-refractivity contribution in [1.29, 1.82) is 0 Å². The molecular formula is C10H10BrNO2S. The number of benzene rings is 1. The van der Waals surface area contributed by atoms with Gasteiger partial charge in [-0.2, -0.15) is 0 Å². The normalized spacial score (nSPS) is 19.9. The number of anilines is 1. The van der Waals surface area contributed by atoms with Crippen molar-refractivity contribution in [3.63, 3.8) is 0 Å². The fourth-order valence-corrected chi connectivity index (χ4v) is 3.32. The molecule has 0 saturated heterocycles. The van der Waals surface area contributed by atoms with Gasteiger partial charge < -0.3 is 10.0 Å². The summed E-state index contributed by atoms with van der Waals surface area (Å²) in [5, 5.41) is 8.61. The quantitative estimate of drug-likeness (QED) is 0.861. The van der Waals surface area contributed by atoms with Gasteiger partial charge in [-0.15, -0.1) is 11.8 Å². The number of fused-ring (bicyclic) bond motifs is 1. The molecule has 1 heterocycles. The van der Waals surface area contributed by atoms with Crippen LogP contribution in [0.4, 0.5) is 5.69 Å². The Balaban J connectivity index is 2.37. The van der Waals surface area contributed by atoms with E-state index in [4.69, 9.17) is 5.11 Å². The van der Waals surface area contributed by atoms with Crippen LogP contribution in [-0.4, -0.2) is 29.9 Å². The molecule has 1 N–H and O–H groups in total. The Hall–Kier alpha value is -0.680. The topological polar surface area (TPSA) is 40.5 Å². The Morgan fingerprint density at radius 2 is 2.40 bits per heavy atom. The molecule has 0 aliphatic carbocycles. The third-order valence-electron chi connectivity index (χ3n) is 2.32. The van der Waals surface area contributed by atoms with Crippen LogP contribution in [0.3, 0.4) is 0 Å². The second-order valence-electron chi connectivity index (χ2n) is 3.44. The van der Waals surface area contributed by atoms with Crippen molar-refractivity contribution in [2.75, 3.05) is 18.5 Å². The monoisotopic (exact) mass is 287 g/mol. The van der Waals surface area contributed by atoms with E-state index in [1.54, 1.807) is 0 Å². The molecule has 0 fully saturated rings. The molecule has 1 unspecified atom stereocenters. The summed E-state index contributed by atoms with van der Waals surface area (Å²) in [6, 6.07) is 5.94. The van der Waals surface area contributed by atoms with Gasteiger partial charge in [0.1, 0.15) is 5.25 Å². The van der Waals surface area contributed by atoms with Crippen LogP contribution >= 0.6 is 27.7 Å². The molecule has 3 nitrogen and oxygen atoms in total. The molecule has 1 aromatic rings. The lowest BCUT2D eigenvalue weighted by Crippen LogP contribution is -2.35. The molecule has 0 radical (unpaired) electrons. The first-order valence-corrected chi connectivity index (χ1v) is 6.15. The Labute approximate surface area is 101 Å². The second-order valence-corrected chi connectivity index (χ2v) is 5.60. The van der Waals surface area contributed by atoms with E-state index >= 15 is 0 Å². The fraction of sp³-hybridized carbons (Fsp3) is 0.300. The predicted octanol–water partition coefficient (Wildman–Crippen LogP) is 2.44. The molecule has 5 heteroatoms. The number of hydrogen-bond acceptors (Lipinski definition) is 3. The van der Waals surface area contributed by atoms with Crippen molar-refractivity contribution >= 4 is 39.3 Å². The van der Waals surface area contributed by atoms with E-state index in [0.717, 1.165) is 15.1 Å². The number of aliphatic carboxylic acids is 1. The van der Waals surface area contributed by atoms with Gasteiger partial charge in [0.05, 0.1) is 5.69 Å². The van der Waals surface area contributed by atoms with Gasteiger partial charge in [-0.25, -0.2) is 0 Å². The zero-order valence-electron chi connectivity index (χ0n) is 8.11. The Bertz CT molecular complexity index is 410. The van der Waals surface area contributed by atoms with Gasteiger partial charge in [0.15, 0.2) is 0 Å². The van der Waals surface area contributed by atoms with Crippen LogP contribution in [0, 0.1) is 0 Å². The van der Waals surface area contributed by atoms with E-state index < -0.39 is 5.97 Å². The Morgan fingerprint density at radius 3 is 3.07 bits per heavy atom. The van der Waals surface area contributed by atoms with Crippen molar-refractivity contribution < 1.29 is 9.90 Å². The van der Waals surface area contributed by atoms with Gasteiger partial charge in [0.25, 0.3) is 0 Å². The molecule has 1 aliphatic rings. The van der Waals surface area contributed by atoms with Crippen molar-refractivity contribution in [2.45, 2.75) is 10.1 Å². The van der Waals surface area contributed by atoms with Crippen molar-refractivity contribution in [3.8, 4) is 0 Å². The summed E-state index contributed by atoms with van der Waals surface area (Å²) in [6.07, 6.45) is 0. The van der Waals surface area contributed by atoms with Crippen LogP contribution in [0.2, 0.25) is 0 Å². The molecule has 0 aromatic heterocycles. The van der Waals surface area contributed by atoms with Gasteiger partial charge in [0, 0.05) is 23.0 Å². The minimum absolute atomic E-state index is 0.378. The second kappa shape index (κ2) is 4.06. The maximum atomic E-state index is 10.9. The van der Waals surface area contributed by atoms with E-state index in [-0.39, 0.29) is 5.25 Å². The zero-order valence-corrected chi connectivity index (χ0v) is 10.5. The first-order valence-electron chi connectivity index (χ1n) is 4.48. The van der Waals surface area contributed by atoms with E-state index in [9.17, 15) is 4.79 Å². The van der Waals surface area contributed by atoms with Crippen LogP contribution in [0.15, 0.2) is 27.6 Å².